The highest BCUT2D eigenvalue weighted by molar-refractivity contribution is 5.31. The molecule has 100 valence electrons. The number of likely N-dealkylation sites (N-methyl/N-ethyl adjacent to an activating group) is 1. The van der Waals surface area contributed by atoms with E-state index in [9.17, 15) is 5.11 Å². The molecule has 0 saturated heterocycles. The molecule has 18 heavy (non-hydrogen) atoms. The van der Waals surface area contributed by atoms with Crippen LogP contribution in [0, 0.1) is 0 Å². The summed E-state index contributed by atoms with van der Waals surface area (Å²) in [6, 6.07) is 8.30. The summed E-state index contributed by atoms with van der Waals surface area (Å²) in [4.78, 5) is 2.46. The minimum Gasteiger partial charge on any atom is -0.508 e. The molecule has 0 aromatic heterocycles. The zero-order chi connectivity index (χ0) is 12.8. The summed E-state index contributed by atoms with van der Waals surface area (Å²) < 4.78 is 0. The number of aromatic hydroxyl groups is 1. The van der Waals surface area contributed by atoms with Gasteiger partial charge in [0, 0.05) is 31.2 Å². The molecule has 0 spiro atoms. The molecule has 3 heteroatoms. The highest BCUT2D eigenvalue weighted by Crippen LogP contribution is 2.21. The minimum atomic E-state index is 0.383. The van der Waals surface area contributed by atoms with Gasteiger partial charge in [0.15, 0.2) is 0 Å². The van der Waals surface area contributed by atoms with Gasteiger partial charge in [0.1, 0.15) is 5.75 Å². The summed E-state index contributed by atoms with van der Waals surface area (Å²) in [6.45, 7) is 2.80. The predicted octanol–water partition coefficient (Wildman–Crippen LogP) is 2.36. The van der Waals surface area contributed by atoms with Gasteiger partial charge in [-0.25, -0.2) is 0 Å². The first kappa shape index (κ1) is 13.4. The number of phenolic OH excluding ortho intramolecular Hbond substituents is 1. The molecule has 0 radical (unpaired) electrons. The molecule has 1 aliphatic carbocycles. The highest BCUT2D eigenvalue weighted by atomic mass is 16.3. The third kappa shape index (κ3) is 3.72. The summed E-state index contributed by atoms with van der Waals surface area (Å²) in [5.74, 6) is 0.383. The van der Waals surface area contributed by atoms with E-state index in [0.717, 1.165) is 31.2 Å². The second-order valence-electron chi connectivity index (χ2n) is 5.22. The second-order valence-corrected chi connectivity index (χ2v) is 5.22. The zero-order valence-electron chi connectivity index (χ0n) is 11.2. The molecule has 0 heterocycles. The lowest BCUT2D eigenvalue weighted by Gasteiger charge is -2.24. The molecule has 1 aromatic carbocycles. The summed E-state index contributed by atoms with van der Waals surface area (Å²) >= 11 is 0. The van der Waals surface area contributed by atoms with Crippen LogP contribution in [0.2, 0.25) is 0 Å². The predicted molar refractivity (Wildman–Crippen MR) is 74.7 cm³/mol. The van der Waals surface area contributed by atoms with Gasteiger partial charge in [0.05, 0.1) is 0 Å². The Morgan fingerprint density at radius 3 is 2.72 bits per heavy atom. The van der Waals surface area contributed by atoms with Crippen molar-refractivity contribution in [3.63, 3.8) is 0 Å². The van der Waals surface area contributed by atoms with Gasteiger partial charge in [-0.05, 0) is 26.0 Å². The lowest BCUT2D eigenvalue weighted by atomic mass is 10.2. The van der Waals surface area contributed by atoms with Crippen molar-refractivity contribution in [3.8, 4) is 5.75 Å². The maximum Gasteiger partial charge on any atom is 0.120 e. The normalized spacial score (nSPS) is 16.6. The largest absolute Gasteiger partial charge is 0.508 e. The maximum absolute atomic E-state index is 9.64. The van der Waals surface area contributed by atoms with E-state index >= 15 is 0 Å². The van der Waals surface area contributed by atoms with Crippen LogP contribution in [0.1, 0.15) is 31.2 Å². The van der Waals surface area contributed by atoms with Crippen molar-refractivity contribution in [1.82, 2.24) is 10.2 Å². The van der Waals surface area contributed by atoms with Gasteiger partial charge in [-0.15, -0.1) is 0 Å². The summed E-state index contributed by atoms with van der Waals surface area (Å²) in [7, 11) is 2.22. The Hall–Kier alpha value is -1.06. The molecule has 2 N–H and O–H groups in total. The molecular weight excluding hydrogens is 224 g/mol. The fourth-order valence-electron chi connectivity index (χ4n) is 2.67. The average Bonchev–Trinajstić information content (AvgIpc) is 2.90. The van der Waals surface area contributed by atoms with Gasteiger partial charge in [-0.1, -0.05) is 31.0 Å². The van der Waals surface area contributed by atoms with Crippen LogP contribution in [-0.2, 0) is 6.54 Å². The fourth-order valence-corrected chi connectivity index (χ4v) is 2.67. The molecule has 0 atom stereocenters. The Bertz CT molecular complexity index is 361. The van der Waals surface area contributed by atoms with E-state index in [1.165, 1.54) is 25.7 Å². The quantitative estimate of drug-likeness (QED) is 0.759. The molecule has 2 rings (SSSR count). The molecular formula is C15H24N2O. The second kappa shape index (κ2) is 6.76. The van der Waals surface area contributed by atoms with Crippen LogP contribution in [0.15, 0.2) is 24.3 Å². The van der Waals surface area contributed by atoms with Gasteiger partial charge in [-0.3, -0.25) is 0 Å². The van der Waals surface area contributed by atoms with Crippen LogP contribution in [0.4, 0.5) is 0 Å². The third-order valence-corrected chi connectivity index (χ3v) is 3.90. The average molecular weight is 248 g/mol. The molecule has 3 nitrogen and oxygen atoms in total. The number of para-hydroxylation sites is 1. The molecule has 0 amide bonds. The lowest BCUT2D eigenvalue weighted by Crippen LogP contribution is -2.35. The fraction of sp³-hybridized carbons (Fsp3) is 0.600. The minimum absolute atomic E-state index is 0.383. The Labute approximate surface area is 110 Å². The Morgan fingerprint density at radius 1 is 1.28 bits per heavy atom. The van der Waals surface area contributed by atoms with Crippen molar-refractivity contribution in [2.24, 2.45) is 0 Å². The molecule has 0 unspecified atom stereocenters. The van der Waals surface area contributed by atoms with E-state index in [1.54, 1.807) is 6.07 Å². The van der Waals surface area contributed by atoms with E-state index in [4.69, 9.17) is 0 Å². The van der Waals surface area contributed by atoms with Crippen LogP contribution < -0.4 is 5.32 Å². The van der Waals surface area contributed by atoms with Crippen molar-refractivity contribution >= 4 is 0 Å². The number of nitrogens with zero attached hydrogens (tertiary/aromatic N) is 1. The summed E-state index contributed by atoms with van der Waals surface area (Å²) in [5.41, 5.74) is 0.973. The molecule has 0 bridgehead atoms. The third-order valence-electron chi connectivity index (χ3n) is 3.90. The smallest absolute Gasteiger partial charge is 0.120 e. The van der Waals surface area contributed by atoms with Crippen molar-refractivity contribution in [1.29, 1.82) is 0 Å². The van der Waals surface area contributed by atoms with E-state index in [-0.39, 0.29) is 0 Å². The summed E-state index contributed by atoms with van der Waals surface area (Å²) in [6.07, 6.45) is 5.49. The van der Waals surface area contributed by atoms with Gasteiger partial charge < -0.3 is 15.3 Å². The van der Waals surface area contributed by atoms with Crippen LogP contribution in [0.3, 0.4) is 0 Å². The monoisotopic (exact) mass is 248 g/mol. The Balaban J connectivity index is 1.65. The van der Waals surface area contributed by atoms with Gasteiger partial charge >= 0.3 is 0 Å². The number of benzene rings is 1. The van der Waals surface area contributed by atoms with Crippen molar-refractivity contribution in [3.05, 3.63) is 29.8 Å². The van der Waals surface area contributed by atoms with Crippen molar-refractivity contribution < 1.29 is 5.11 Å². The van der Waals surface area contributed by atoms with Gasteiger partial charge in [0.2, 0.25) is 0 Å². The highest BCUT2D eigenvalue weighted by Gasteiger charge is 2.18. The molecule has 1 aliphatic rings. The Kier molecular flexibility index (Phi) is 5.02. The maximum atomic E-state index is 9.64. The molecule has 1 saturated carbocycles. The summed E-state index contributed by atoms with van der Waals surface area (Å²) in [5, 5.41) is 13.0. The van der Waals surface area contributed by atoms with Crippen LogP contribution >= 0.6 is 0 Å². The molecule has 1 aromatic rings. The first-order valence-corrected chi connectivity index (χ1v) is 6.95. The van der Waals surface area contributed by atoms with Crippen LogP contribution in [0.5, 0.6) is 5.75 Å². The van der Waals surface area contributed by atoms with E-state index in [1.807, 2.05) is 18.2 Å². The standard InChI is InChI=1S/C15H24N2O/c1-17(14-7-3-4-8-14)11-10-16-12-13-6-2-5-9-15(13)18/h2,5-6,9,14,16,18H,3-4,7-8,10-12H2,1H3. The number of nitrogens with one attached hydrogen (secondary N) is 1. The molecule has 0 aliphatic heterocycles. The molecule has 1 fully saturated rings. The van der Waals surface area contributed by atoms with Crippen LogP contribution in [0.25, 0.3) is 0 Å². The number of hydrogen-bond acceptors (Lipinski definition) is 3. The van der Waals surface area contributed by atoms with E-state index in [0.29, 0.717) is 5.75 Å². The first-order valence-electron chi connectivity index (χ1n) is 6.95. The first-order chi connectivity index (χ1) is 8.77. The van der Waals surface area contributed by atoms with E-state index in [2.05, 4.69) is 17.3 Å². The van der Waals surface area contributed by atoms with E-state index < -0.39 is 0 Å². The number of phenols is 1. The van der Waals surface area contributed by atoms with Crippen molar-refractivity contribution in [2.75, 3.05) is 20.1 Å². The number of rotatable bonds is 6. The van der Waals surface area contributed by atoms with Gasteiger partial charge in [-0.2, -0.15) is 0 Å². The number of hydrogen-bond donors (Lipinski definition) is 2. The van der Waals surface area contributed by atoms with Crippen molar-refractivity contribution in [2.45, 2.75) is 38.3 Å². The topological polar surface area (TPSA) is 35.5 Å². The zero-order valence-corrected chi connectivity index (χ0v) is 11.2. The van der Waals surface area contributed by atoms with Crippen LogP contribution in [-0.4, -0.2) is 36.2 Å². The SMILES string of the molecule is CN(CCNCc1ccccc1O)C1CCCC1. The lowest BCUT2D eigenvalue weighted by molar-refractivity contribution is 0.245. The Morgan fingerprint density at radius 2 is 2.00 bits per heavy atom. The van der Waals surface area contributed by atoms with Gasteiger partial charge in [0.25, 0.3) is 0 Å².